The lowest BCUT2D eigenvalue weighted by molar-refractivity contribution is 0.150. The molecule has 1 aromatic heterocycles. The van der Waals surface area contributed by atoms with Crippen LogP contribution in [-0.4, -0.2) is 22.6 Å². The Balaban J connectivity index is 1.64. The summed E-state index contributed by atoms with van der Waals surface area (Å²) in [6.45, 7) is 6.81. The normalized spacial score (nSPS) is 17.5. The number of benzene rings is 2. The zero-order chi connectivity index (χ0) is 27.9. The summed E-state index contributed by atoms with van der Waals surface area (Å²) < 4.78 is 37.9. The first-order chi connectivity index (χ1) is 18.5. The Bertz CT molecular complexity index is 1480. The van der Waals surface area contributed by atoms with E-state index in [1.165, 1.54) is 24.4 Å². The fourth-order valence-corrected chi connectivity index (χ4v) is 4.57. The minimum absolute atomic E-state index is 0.0711. The zero-order valence-electron chi connectivity index (χ0n) is 22.4. The molecule has 38 heavy (non-hydrogen) atoms. The van der Waals surface area contributed by atoms with E-state index in [1.54, 1.807) is 24.4 Å². The molecule has 1 fully saturated rings. The lowest BCUT2D eigenvalue weighted by Gasteiger charge is -2.25. The average molecular weight is 539 g/mol. The Morgan fingerprint density at radius 1 is 1.26 bits per heavy atom. The minimum atomic E-state index is -2.78. The molecule has 0 saturated heterocycles. The van der Waals surface area contributed by atoms with E-state index in [0.29, 0.717) is 45.1 Å². The number of hydrogen-bond donors (Lipinski definition) is 4. The van der Waals surface area contributed by atoms with Gasteiger partial charge in [0.25, 0.3) is 6.43 Å². The predicted molar refractivity (Wildman–Crippen MR) is 146 cm³/mol. The van der Waals surface area contributed by atoms with Gasteiger partial charge in [0.2, 0.25) is 0 Å². The Morgan fingerprint density at radius 2 is 2.00 bits per heavy atom. The number of nitriles is 1. The summed E-state index contributed by atoms with van der Waals surface area (Å²) in [5, 5.41) is 19.1. The van der Waals surface area contributed by atoms with Gasteiger partial charge in [-0.2, -0.15) is 5.26 Å². The maximum Gasteiger partial charge on any atom is 0.264 e. The standard InChI is InChI=1S/C28H30ClF2N7/c1-28(2,3)15-34-24-16(12-32)13-33-25-21(24)10-17(11-22(25)29)35-26(19-6-4-5-7-20(19)27(30)31)23-14-38(37-36-23)18-8-9-18/h4-7,10-11,13-14,18,26-27,35-37H,8-9,15H2,1-3H3,(H,33,34)/i26D. The molecule has 5 rings (SSSR count). The van der Waals surface area contributed by atoms with Gasteiger partial charge in [0.05, 0.1) is 34.9 Å². The molecule has 2 heterocycles. The van der Waals surface area contributed by atoms with Crippen LogP contribution >= 0.6 is 11.6 Å². The summed E-state index contributed by atoms with van der Waals surface area (Å²) in [4.78, 5) is 4.39. The fourth-order valence-electron chi connectivity index (χ4n) is 4.30. The van der Waals surface area contributed by atoms with Crippen molar-refractivity contribution in [2.24, 2.45) is 5.41 Å². The van der Waals surface area contributed by atoms with Gasteiger partial charge in [0.1, 0.15) is 6.07 Å². The Morgan fingerprint density at radius 3 is 2.66 bits per heavy atom. The zero-order valence-corrected chi connectivity index (χ0v) is 22.1. The quantitative estimate of drug-likeness (QED) is 0.256. The van der Waals surface area contributed by atoms with Crippen molar-refractivity contribution in [2.45, 2.75) is 52.1 Å². The summed E-state index contributed by atoms with van der Waals surface area (Å²) in [6.07, 6.45) is 2.45. The second-order valence-corrected chi connectivity index (χ2v) is 11.1. The number of rotatable bonds is 8. The smallest absolute Gasteiger partial charge is 0.264 e. The van der Waals surface area contributed by atoms with Crippen molar-refractivity contribution in [2.75, 3.05) is 17.2 Å². The SMILES string of the molecule is [2H]C(Nc1cc(Cl)c2ncc(C#N)c(NCC(C)(C)C)c2c1)(C1=CN(C2CC2)NN1)c1ccccc1C(F)F. The molecule has 0 amide bonds. The van der Waals surface area contributed by atoms with Gasteiger partial charge in [-0.05, 0) is 36.0 Å². The van der Waals surface area contributed by atoms with Crippen molar-refractivity contribution in [3.63, 3.8) is 0 Å². The number of halogens is 3. The molecule has 1 aliphatic heterocycles. The summed E-state index contributed by atoms with van der Waals surface area (Å²) >= 11 is 6.66. The van der Waals surface area contributed by atoms with Crippen LogP contribution in [0, 0.1) is 16.7 Å². The second-order valence-electron chi connectivity index (χ2n) is 10.7. The Labute approximate surface area is 227 Å². The number of nitrogens with zero attached hydrogens (tertiary/aromatic N) is 3. The average Bonchev–Trinajstić information content (AvgIpc) is 3.62. The molecule has 1 atom stereocenters. The largest absolute Gasteiger partial charge is 0.383 e. The van der Waals surface area contributed by atoms with E-state index < -0.39 is 12.4 Å². The highest BCUT2D eigenvalue weighted by Crippen LogP contribution is 2.38. The summed E-state index contributed by atoms with van der Waals surface area (Å²) in [5.74, 6) is 0. The van der Waals surface area contributed by atoms with Crippen LogP contribution in [0.25, 0.3) is 10.9 Å². The molecule has 0 bridgehead atoms. The number of fused-ring (bicyclic) bond motifs is 1. The molecule has 2 aliphatic rings. The first-order valence-electron chi connectivity index (χ1n) is 12.9. The molecular weight excluding hydrogens is 508 g/mol. The van der Waals surface area contributed by atoms with E-state index >= 15 is 0 Å². The minimum Gasteiger partial charge on any atom is -0.383 e. The highest BCUT2D eigenvalue weighted by molar-refractivity contribution is 6.35. The molecule has 2 aromatic carbocycles. The highest BCUT2D eigenvalue weighted by atomic mass is 35.5. The van der Waals surface area contributed by atoms with Gasteiger partial charge < -0.3 is 16.1 Å². The number of nitrogens with one attached hydrogen (secondary N) is 4. The van der Waals surface area contributed by atoms with E-state index in [2.05, 4.69) is 53.4 Å². The second kappa shape index (κ2) is 10.3. The third-order valence-corrected chi connectivity index (χ3v) is 6.66. The number of alkyl halides is 2. The van der Waals surface area contributed by atoms with Crippen molar-refractivity contribution in [1.82, 2.24) is 21.0 Å². The molecular formula is C28H30ClF2N7. The Kier molecular flexibility index (Phi) is 6.68. The molecule has 198 valence electrons. The van der Waals surface area contributed by atoms with Gasteiger partial charge in [-0.15, -0.1) is 5.53 Å². The molecule has 4 N–H and O–H groups in total. The molecule has 3 aromatic rings. The van der Waals surface area contributed by atoms with Gasteiger partial charge in [-0.1, -0.05) is 56.6 Å². The predicted octanol–water partition coefficient (Wildman–Crippen LogP) is 6.64. The molecule has 1 aliphatic carbocycles. The maximum absolute atomic E-state index is 14.1. The maximum atomic E-state index is 14.1. The number of hydrazine groups is 2. The third-order valence-electron chi connectivity index (χ3n) is 6.37. The monoisotopic (exact) mass is 538 g/mol. The van der Waals surface area contributed by atoms with E-state index in [9.17, 15) is 15.4 Å². The molecule has 1 unspecified atom stereocenters. The van der Waals surface area contributed by atoms with Crippen LogP contribution < -0.4 is 21.6 Å². The molecule has 0 radical (unpaired) electrons. The van der Waals surface area contributed by atoms with Crippen LogP contribution in [-0.2, 0) is 0 Å². The third kappa shape index (κ3) is 5.47. The summed E-state index contributed by atoms with van der Waals surface area (Å²) in [5.41, 5.74) is 8.01. The molecule has 1 saturated carbocycles. The fraction of sp³-hybridized carbons (Fsp3) is 0.357. The number of anilines is 2. The lowest BCUT2D eigenvalue weighted by atomic mass is 9.96. The molecule has 0 spiro atoms. The van der Waals surface area contributed by atoms with Crippen molar-refractivity contribution in [3.05, 3.63) is 76.2 Å². The molecule has 7 nitrogen and oxygen atoms in total. The van der Waals surface area contributed by atoms with Crippen LogP contribution in [0.5, 0.6) is 0 Å². The van der Waals surface area contributed by atoms with Gasteiger partial charge in [0, 0.05) is 41.6 Å². The van der Waals surface area contributed by atoms with Crippen LogP contribution in [0.3, 0.4) is 0 Å². The lowest BCUT2D eigenvalue weighted by Crippen LogP contribution is -2.38. The van der Waals surface area contributed by atoms with Crippen LogP contribution in [0.1, 0.15) is 64.1 Å². The van der Waals surface area contributed by atoms with E-state index in [4.69, 9.17) is 11.6 Å². The van der Waals surface area contributed by atoms with Crippen LogP contribution in [0.15, 0.2) is 54.5 Å². The van der Waals surface area contributed by atoms with E-state index in [-0.39, 0.29) is 22.6 Å². The number of aromatic nitrogens is 1. The number of pyridine rings is 1. The molecule has 10 heteroatoms. The first-order valence-corrected chi connectivity index (χ1v) is 12.8. The van der Waals surface area contributed by atoms with Gasteiger partial charge in [0.15, 0.2) is 0 Å². The van der Waals surface area contributed by atoms with Gasteiger partial charge in [-0.25, -0.2) is 8.78 Å². The Hall–Kier alpha value is -3.61. The number of hydrogen-bond acceptors (Lipinski definition) is 7. The van der Waals surface area contributed by atoms with E-state index in [0.717, 1.165) is 12.8 Å². The van der Waals surface area contributed by atoms with Crippen molar-refractivity contribution < 1.29 is 10.2 Å². The van der Waals surface area contributed by atoms with Crippen molar-refractivity contribution in [3.8, 4) is 6.07 Å². The summed E-state index contributed by atoms with van der Waals surface area (Å²) in [6, 6.07) is 10.0. The topological polar surface area (TPSA) is 88.0 Å². The van der Waals surface area contributed by atoms with Crippen molar-refractivity contribution >= 4 is 33.9 Å². The van der Waals surface area contributed by atoms with Crippen LogP contribution in [0.2, 0.25) is 5.02 Å². The highest BCUT2D eigenvalue weighted by Gasteiger charge is 2.33. The first kappa shape index (κ1) is 24.7. The summed E-state index contributed by atoms with van der Waals surface area (Å²) in [7, 11) is 0. The van der Waals surface area contributed by atoms with Crippen molar-refractivity contribution in [1.29, 1.82) is 5.26 Å². The van der Waals surface area contributed by atoms with Gasteiger partial charge in [-0.3, -0.25) is 9.99 Å². The van der Waals surface area contributed by atoms with Gasteiger partial charge >= 0.3 is 0 Å². The van der Waals surface area contributed by atoms with E-state index in [1.807, 2.05) is 5.01 Å². The van der Waals surface area contributed by atoms with Crippen LogP contribution in [0.4, 0.5) is 20.2 Å².